The van der Waals surface area contributed by atoms with Gasteiger partial charge in [0.15, 0.2) is 0 Å². The van der Waals surface area contributed by atoms with Crippen LogP contribution in [-0.2, 0) is 0 Å². The van der Waals surface area contributed by atoms with Gasteiger partial charge in [-0.1, -0.05) is 30.3 Å². The Balaban J connectivity index is 1.64. The smallest absolute Gasteiger partial charge is 0.137 e. The molecule has 2 atom stereocenters. The number of rotatable bonds is 4. The lowest BCUT2D eigenvalue weighted by Crippen LogP contribution is -2.32. The van der Waals surface area contributed by atoms with Gasteiger partial charge in [0.2, 0.25) is 0 Å². The van der Waals surface area contributed by atoms with Crippen molar-refractivity contribution in [3.63, 3.8) is 0 Å². The molecule has 0 bridgehead atoms. The molecular formula is C16H18N2O. The van der Waals surface area contributed by atoms with Crippen LogP contribution in [0.1, 0.15) is 17.9 Å². The first-order valence-electron chi connectivity index (χ1n) is 6.74. The fourth-order valence-electron chi connectivity index (χ4n) is 2.66. The van der Waals surface area contributed by atoms with E-state index < -0.39 is 0 Å². The van der Waals surface area contributed by atoms with Gasteiger partial charge >= 0.3 is 0 Å². The first-order valence-corrected chi connectivity index (χ1v) is 6.74. The number of aromatic nitrogens is 1. The summed E-state index contributed by atoms with van der Waals surface area (Å²) in [6, 6.07) is 14.9. The largest absolute Gasteiger partial charge is 0.490 e. The molecule has 19 heavy (non-hydrogen) atoms. The lowest BCUT2D eigenvalue weighted by Gasteiger charge is -2.20. The number of pyridine rings is 1. The normalized spacial score (nSPS) is 22.3. The molecular weight excluding hydrogens is 236 g/mol. The molecule has 0 spiro atoms. The highest BCUT2D eigenvalue weighted by molar-refractivity contribution is 5.23. The van der Waals surface area contributed by atoms with Gasteiger partial charge in [0, 0.05) is 18.2 Å². The minimum atomic E-state index is 0.377. The van der Waals surface area contributed by atoms with Crippen molar-refractivity contribution in [1.29, 1.82) is 0 Å². The highest BCUT2D eigenvalue weighted by Crippen LogP contribution is 2.27. The van der Waals surface area contributed by atoms with Crippen molar-refractivity contribution in [2.75, 3.05) is 13.2 Å². The van der Waals surface area contributed by atoms with Crippen molar-refractivity contribution in [2.24, 2.45) is 0 Å². The van der Waals surface area contributed by atoms with Crippen LogP contribution in [0.15, 0.2) is 54.9 Å². The second-order valence-electron chi connectivity index (χ2n) is 4.87. The molecule has 1 N–H and O–H groups in total. The highest BCUT2D eigenvalue weighted by Gasteiger charge is 2.28. The molecule has 1 saturated heterocycles. The van der Waals surface area contributed by atoms with E-state index in [4.69, 9.17) is 4.74 Å². The molecule has 1 aromatic carbocycles. The second-order valence-corrected chi connectivity index (χ2v) is 4.87. The summed E-state index contributed by atoms with van der Waals surface area (Å²) in [7, 11) is 0. The number of hydrogen-bond acceptors (Lipinski definition) is 3. The summed E-state index contributed by atoms with van der Waals surface area (Å²) in [4.78, 5) is 4.06. The fraction of sp³-hybridized carbons (Fsp3) is 0.312. The topological polar surface area (TPSA) is 34.1 Å². The minimum absolute atomic E-state index is 0.377. The minimum Gasteiger partial charge on any atom is -0.490 e. The first kappa shape index (κ1) is 12.2. The van der Waals surface area contributed by atoms with Crippen LogP contribution in [0.2, 0.25) is 0 Å². The van der Waals surface area contributed by atoms with Gasteiger partial charge < -0.3 is 10.1 Å². The van der Waals surface area contributed by atoms with E-state index in [1.807, 2.05) is 12.1 Å². The summed E-state index contributed by atoms with van der Waals surface area (Å²) in [5.74, 6) is 1.38. The van der Waals surface area contributed by atoms with Gasteiger partial charge in [-0.2, -0.15) is 0 Å². The van der Waals surface area contributed by atoms with E-state index >= 15 is 0 Å². The van der Waals surface area contributed by atoms with Crippen LogP contribution >= 0.6 is 0 Å². The maximum absolute atomic E-state index is 5.82. The SMILES string of the molecule is c1ccc([C@@H]2CCN[C@H]2COc2cccnc2)cc1. The second kappa shape index (κ2) is 5.85. The molecule has 1 fully saturated rings. The van der Waals surface area contributed by atoms with Crippen molar-refractivity contribution in [3.8, 4) is 5.75 Å². The summed E-state index contributed by atoms with van der Waals surface area (Å²) in [6.45, 7) is 1.74. The number of nitrogens with one attached hydrogen (secondary N) is 1. The Morgan fingerprint density at radius 2 is 2.05 bits per heavy atom. The molecule has 3 nitrogen and oxygen atoms in total. The van der Waals surface area contributed by atoms with Crippen LogP contribution in [-0.4, -0.2) is 24.2 Å². The third-order valence-corrected chi connectivity index (χ3v) is 3.64. The third-order valence-electron chi connectivity index (χ3n) is 3.64. The highest BCUT2D eigenvalue weighted by atomic mass is 16.5. The van der Waals surface area contributed by atoms with E-state index in [9.17, 15) is 0 Å². The third kappa shape index (κ3) is 2.93. The molecule has 3 heteroatoms. The number of nitrogens with zero attached hydrogens (tertiary/aromatic N) is 1. The van der Waals surface area contributed by atoms with E-state index in [0.717, 1.165) is 12.3 Å². The average molecular weight is 254 g/mol. The van der Waals surface area contributed by atoms with Gasteiger partial charge in [0.1, 0.15) is 12.4 Å². The Hall–Kier alpha value is -1.87. The zero-order chi connectivity index (χ0) is 12.9. The molecule has 98 valence electrons. The summed E-state index contributed by atoms with van der Waals surface area (Å²) in [6.07, 6.45) is 4.69. The van der Waals surface area contributed by atoms with Crippen LogP contribution < -0.4 is 10.1 Å². The van der Waals surface area contributed by atoms with Crippen LogP contribution in [0.4, 0.5) is 0 Å². The van der Waals surface area contributed by atoms with Crippen molar-refractivity contribution in [3.05, 3.63) is 60.4 Å². The Morgan fingerprint density at radius 3 is 2.84 bits per heavy atom. The van der Waals surface area contributed by atoms with Crippen molar-refractivity contribution in [1.82, 2.24) is 10.3 Å². The molecule has 2 aromatic rings. The van der Waals surface area contributed by atoms with Gasteiger partial charge in [0.25, 0.3) is 0 Å². The summed E-state index contributed by atoms with van der Waals surface area (Å²) >= 11 is 0. The maximum Gasteiger partial charge on any atom is 0.137 e. The van der Waals surface area contributed by atoms with E-state index in [2.05, 4.69) is 40.6 Å². The predicted octanol–water partition coefficient (Wildman–Crippen LogP) is 2.61. The molecule has 1 aliphatic rings. The van der Waals surface area contributed by atoms with Gasteiger partial charge in [0.05, 0.1) is 6.20 Å². The zero-order valence-corrected chi connectivity index (χ0v) is 10.8. The summed E-state index contributed by atoms with van der Waals surface area (Å²) < 4.78 is 5.82. The number of benzene rings is 1. The Labute approximate surface area is 113 Å². The standard InChI is InChI=1S/C16H18N2O/c1-2-5-13(6-3-1)15-8-10-18-16(15)12-19-14-7-4-9-17-11-14/h1-7,9,11,15-16,18H,8,10,12H2/t15-,16-/m0/s1. The lowest BCUT2D eigenvalue weighted by molar-refractivity contribution is 0.266. The zero-order valence-electron chi connectivity index (χ0n) is 10.8. The van der Waals surface area contributed by atoms with Gasteiger partial charge in [-0.3, -0.25) is 4.98 Å². The fourth-order valence-corrected chi connectivity index (χ4v) is 2.66. The van der Waals surface area contributed by atoms with Crippen molar-refractivity contribution >= 4 is 0 Å². The van der Waals surface area contributed by atoms with Crippen LogP contribution in [0.25, 0.3) is 0 Å². The Kier molecular flexibility index (Phi) is 3.75. The van der Waals surface area contributed by atoms with Crippen LogP contribution in [0.5, 0.6) is 5.75 Å². The molecule has 0 aliphatic carbocycles. The molecule has 2 heterocycles. The maximum atomic E-state index is 5.82. The van der Waals surface area contributed by atoms with E-state index in [1.54, 1.807) is 12.4 Å². The van der Waals surface area contributed by atoms with Crippen molar-refractivity contribution < 1.29 is 4.74 Å². The quantitative estimate of drug-likeness (QED) is 0.910. The Bertz CT molecular complexity index is 501. The van der Waals surface area contributed by atoms with E-state index in [-0.39, 0.29) is 0 Å². The van der Waals surface area contributed by atoms with Gasteiger partial charge in [-0.05, 0) is 30.7 Å². The van der Waals surface area contributed by atoms with E-state index in [1.165, 1.54) is 12.0 Å². The van der Waals surface area contributed by atoms with Gasteiger partial charge in [-0.25, -0.2) is 0 Å². The van der Waals surface area contributed by atoms with Crippen LogP contribution in [0.3, 0.4) is 0 Å². The monoisotopic (exact) mass is 254 g/mol. The predicted molar refractivity (Wildman–Crippen MR) is 75.3 cm³/mol. The van der Waals surface area contributed by atoms with Crippen LogP contribution in [0, 0.1) is 0 Å². The number of ether oxygens (including phenoxy) is 1. The molecule has 1 aromatic heterocycles. The number of hydrogen-bond donors (Lipinski definition) is 1. The molecule has 3 rings (SSSR count). The summed E-state index contributed by atoms with van der Waals surface area (Å²) in [5.41, 5.74) is 1.40. The molecule has 0 amide bonds. The molecule has 1 aliphatic heterocycles. The molecule has 0 saturated carbocycles. The average Bonchev–Trinajstić information content (AvgIpc) is 2.95. The molecule has 0 radical (unpaired) electrons. The summed E-state index contributed by atoms with van der Waals surface area (Å²) in [5, 5.41) is 3.53. The van der Waals surface area contributed by atoms with E-state index in [0.29, 0.717) is 18.6 Å². The van der Waals surface area contributed by atoms with Crippen molar-refractivity contribution in [2.45, 2.75) is 18.4 Å². The first-order chi connectivity index (χ1) is 9.43. The lowest BCUT2D eigenvalue weighted by atomic mass is 9.92. The molecule has 0 unspecified atom stereocenters. The Morgan fingerprint density at radius 1 is 1.16 bits per heavy atom. The van der Waals surface area contributed by atoms with Gasteiger partial charge in [-0.15, -0.1) is 0 Å².